The van der Waals surface area contributed by atoms with E-state index in [0.717, 1.165) is 69.5 Å². The zero-order valence-electron chi connectivity index (χ0n) is 29.1. The maximum atomic E-state index is 5.09. The zero-order chi connectivity index (χ0) is 35.0. The highest BCUT2D eigenvalue weighted by molar-refractivity contribution is 6.14. The van der Waals surface area contributed by atoms with Gasteiger partial charge in [-0.2, -0.15) is 0 Å². The van der Waals surface area contributed by atoms with Gasteiger partial charge < -0.3 is 0 Å². The second-order valence-corrected chi connectivity index (χ2v) is 13.6. The molecule has 1 aliphatic carbocycles. The van der Waals surface area contributed by atoms with Crippen molar-refractivity contribution in [3.63, 3.8) is 0 Å². The second-order valence-electron chi connectivity index (χ2n) is 13.6. The van der Waals surface area contributed by atoms with Crippen LogP contribution in [0.15, 0.2) is 165 Å². The quantitative estimate of drug-likeness (QED) is 0.0916. The van der Waals surface area contributed by atoms with E-state index < -0.39 is 0 Å². The Labute approximate surface area is 304 Å². The molecule has 2 heteroatoms. The van der Waals surface area contributed by atoms with Crippen molar-refractivity contribution in [3.05, 3.63) is 198 Å². The summed E-state index contributed by atoms with van der Waals surface area (Å²) >= 11 is 0. The molecule has 0 fully saturated rings. The van der Waals surface area contributed by atoms with Crippen LogP contribution in [0.4, 0.5) is 0 Å². The number of fused-ring (bicyclic) bond motifs is 7. The fourth-order valence-electron chi connectivity index (χ4n) is 8.11. The largest absolute Gasteiger partial charge is 0.254 e. The number of hydrogen-bond acceptors (Lipinski definition) is 2. The van der Waals surface area contributed by atoms with E-state index in [0.29, 0.717) is 0 Å². The lowest BCUT2D eigenvalue weighted by atomic mass is 9.83. The lowest BCUT2D eigenvalue weighted by Crippen LogP contribution is -2.03. The first kappa shape index (κ1) is 31.6. The average Bonchev–Trinajstić information content (AvgIpc) is 3.21. The molecule has 0 saturated carbocycles. The average molecular weight is 667 g/mol. The number of aromatic nitrogens is 2. The molecule has 0 aliphatic heterocycles. The van der Waals surface area contributed by atoms with E-state index in [1.807, 2.05) is 30.5 Å². The number of aryl methyl sites for hydroxylation is 2. The van der Waals surface area contributed by atoms with Gasteiger partial charge in [0.2, 0.25) is 0 Å². The summed E-state index contributed by atoms with van der Waals surface area (Å²) in [4.78, 5) is 9.81. The molecule has 0 amide bonds. The Morgan fingerprint density at radius 3 is 2.38 bits per heavy atom. The summed E-state index contributed by atoms with van der Waals surface area (Å²) in [6.07, 6.45) is 14.4. The molecule has 0 spiro atoms. The molecule has 6 aromatic carbocycles. The van der Waals surface area contributed by atoms with Crippen LogP contribution in [-0.2, 0) is 12.8 Å². The van der Waals surface area contributed by atoms with Gasteiger partial charge in [-0.05, 0) is 111 Å². The van der Waals surface area contributed by atoms with E-state index in [9.17, 15) is 0 Å². The van der Waals surface area contributed by atoms with Gasteiger partial charge in [0, 0.05) is 27.9 Å². The van der Waals surface area contributed by atoms with Gasteiger partial charge >= 0.3 is 0 Å². The van der Waals surface area contributed by atoms with Crippen molar-refractivity contribution in [2.24, 2.45) is 0 Å². The maximum absolute atomic E-state index is 5.09. The second kappa shape index (κ2) is 13.4. The van der Waals surface area contributed by atoms with E-state index in [2.05, 4.69) is 141 Å². The summed E-state index contributed by atoms with van der Waals surface area (Å²) in [7, 11) is 0. The van der Waals surface area contributed by atoms with Gasteiger partial charge in [0.1, 0.15) is 0 Å². The molecule has 0 bridgehead atoms. The standard InChI is InChI=1S/C50H38N2/c1-3-33(48-44-18-8-9-21-47(44)52-50-45(48)29-27-38-17-12-30-51-49(38)50)15-10-16-36-22-25-40(31-34(36)4-2)41-19-11-20-42-43(41)28-26-37-23-24-39(32-46(37)42)35-13-6-5-7-14-35/h3-9,12-15,17-19,21-32H,1-2,10-11,16,20H2/b33-15+. The first-order valence-corrected chi connectivity index (χ1v) is 18.2. The lowest BCUT2D eigenvalue weighted by Gasteiger charge is -2.21. The molecule has 2 heterocycles. The Morgan fingerprint density at radius 2 is 1.50 bits per heavy atom. The molecule has 0 radical (unpaired) electrons. The van der Waals surface area contributed by atoms with E-state index in [1.165, 1.54) is 55.3 Å². The normalized spacial score (nSPS) is 13.0. The van der Waals surface area contributed by atoms with E-state index in [-0.39, 0.29) is 0 Å². The molecule has 2 aromatic heterocycles. The van der Waals surface area contributed by atoms with E-state index in [4.69, 9.17) is 9.97 Å². The Morgan fingerprint density at radius 1 is 0.673 bits per heavy atom. The molecular formula is C50H38N2. The maximum Gasteiger partial charge on any atom is 0.0978 e. The fourth-order valence-corrected chi connectivity index (χ4v) is 8.11. The van der Waals surface area contributed by atoms with Crippen LogP contribution in [0.2, 0.25) is 0 Å². The Hall–Kier alpha value is -6.38. The highest BCUT2D eigenvalue weighted by atomic mass is 14.7. The first-order valence-electron chi connectivity index (χ1n) is 18.2. The van der Waals surface area contributed by atoms with Gasteiger partial charge in [0.05, 0.1) is 16.6 Å². The topological polar surface area (TPSA) is 25.8 Å². The van der Waals surface area contributed by atoms with Gasteiger partial charge in [0.25, 0.3) is 0 Å². The summed E-state index contributed by atoms with van der Waals surface area (Å²) < 4.78 is 0. The third kappa shape index (κ3) is 5.54. The Balaban J connectivity index is 1.04. The van der Waals surface area contributed by atoms with Crippen LogP contribution in [0.25, 0.3) is 71.8 Å². The van der Waals surface area contributed by atoms with E-state index in [1.54, 1.807) is 0 Å². The molecule has 0 atom stereocenters. The highest BCUT2D eigenvalue weighted by Crippen LogP contribution is 2.39. The monoisotopic (exact) mass is 666 g/mol. The summed E-state index contributed by atoms with van der Waals surface area (Å²) in [5.41, 5.74) is 15.4. The Kier molecular flexibility index (Phi) is 8.14. The number of para-hydroxylation sites is 1. The molecule has 9 rings (SSSR count). The number of rotatable bonds is 8. The predicted octanol–water partition coefficient (Wildman–Crippen LogP) is 13.0. The van der Waals surface area contributed by atoms with Crippen molar-refractivity contribution in [2.45, 2.75) is 25.7 Å². The molecule has 0 N–H and O–H groups in total. The van der Waals surface area contributed by atoms with E-state index >= 15 is 0 Å². The number of hydrogen-bond donors (Lipinski definition) is 0. The number of allylic oxidation sites excluding steroid dienone is 4. The van der Waals surface area contributed by atoms with Crippen molar-refractivity contribution >= 4 is 60.7 Å². The summed E-state index contributed by atoms with van der Waals surface area (Å²) in [6.45, 7) is 8.50. The summed E-state index contributed by atoms with van der Waals surface area (Å²) in [6, 6.07) is 45.9. The smallest absolute Gasteiger partial charge is 0.0978 e. The van der Waals surface area contributed by atoms with Gasteiger partial charge in [-0.3, -0.25) is 4.98 Å². The molecule has 0 unspecified atom stereocenters. The fraction of sp³-hybridized carbons (Fsp3) is 0.0800. The number of pyridine rings is 2. The molecule has 2 nitrogen and oxygen atoms in total. The minimum Gasteiger partial charge on any atom is -0.254 e. The summed E-state index contributed by atoms with van der Waals surface area (Å²) in [5, 5.41) is 5.96. The highest BCUT2D eigenvalue weighted by Gasteiger charge is 2.19. The number of nitrogens with zero attached hydrogens (tertiary/aromatic N) is 2. The van der Waals surface area contributed by atoms with Crippen molar-refractivity contribution < 1.29 is 0 Å². The molecule has 248 valence electrons. The van der Waals surface area contributed by atoms with Crippen LogP contribution >= 0.6 is 0 Å². The third-order valence-corrected chi connectivity index (χ3v) is 10.7. The van der Waals surface area contributed by atoms with Crippen LogP contribution < -0.4 is 0 Å². The molecular weight excluding hydrogens is 629 g/mol. The van der Waals surface area contributed by atoms with Gasteiger partial charge in [-0.15, -0.1) is 0 Å². The number of benzene rings is 6. The van der Waals surface area contributed by atoms with Crippen LogP contribution in [0.1, 0.15) is 46.2 Å². The zero-order valence-corrected chi connectivity index (χ0v) is 29.1. The van der Waals surface area contributed by atoms with Crippen LogP contribution in [0.3, 0.4) is 0 Å². The minimum atomic E-state index is 0.868. The van der Waals surface area contributed by atoms with Crippen molar-refractivity contribution in [2.75, 3.05) is 0 Å². The molecule has 52 heavy (non-hydrogen) atoms. The Bertz CT molecular complexity index is 2770. The van der Waals surface area contributed by atoms with Gasteiger partial charge in [-0.1, -0.05) is 141 Å². The minimum absolute atomic E-state index is 0.868. The van der Waals surface area contributed by atoms with Crippen molar-refractivity contribution in [3.8, 4) is 11.1 Å². The van der Waals surface area contributed by atoms with Crippen LogP contribution in [-0.4, -0.2) is 9.97 Å². The molecule has 8 aromatic rings. The third-order valence-electron chi connectivity index (χ3n) is 10.7. The van der Waals surface area contributed by atoms with Crippen molar-refractivity contribution in [1.29, 1.82) is 0 Å². The van der Waals surface area contributed by atoms with Crippen molar-refractivity contribution in [1.82, 2.24) is 9.97 Å². The summed E-state index contributed by atoms with van der Waals surface area (Å²) in [5.74, 6) is 0. The van der Waals surface area contributed by atoms with Gasteiger partial charge in [-0.25, -0.2) is 4.98 Å². The lowest BCUT2D eigenvalue weighted by molar-refractivity contribution is 0.986. The molecule has 1 aliphatic rings. The predicted molar refractivity (Wildman–Crippen MR) is 222 cm³/mol. The first-order chi connectivity index (χ1) is 25.7. The SMILES string of the molecule is C=C/C(=C\CCc1ccc(C2=CCCc3c2ccc2ccc(-c4ccccc4)cc32)cc1C=C)c1c2ccccc2nc2c1ccc1cccnc12. The van der Waals surface area contributed by atoms with Crippen LogP contribution in [0, 0.1) is 0 Å². The molecule has 0 saturated heterocycles. The van der Waals surface area contributed by atoms with Gasteiger partial charge in [0.15, 0.2) is 0 Å². The van der Waals surface area contributed by atoms with Crippen LogP contribution in [0.5, 0.6) is 0 Å².